The van der Waals surface area contributed by atoms with Gasteiger partial charge in [0.05, 0.1) is 5.75 Å². The minimum Gasteiger partial charge on any atom is -0.327 e. The van der Waals surface area contributed by atoms with E-state index in [1.165, 1.54) is 12.1 Å². The lowest BCUT2D eigenvalue weighted by molar-refractivity contribution is 0.572. The van der Waals surface area contributed by atoms with E-state index in [4.69, 9.17) is 5.73 Å². The molecule has 0 spiro atoms. The predicted octanol–water partition coefficient (Wildman–Crippen LogP) is 1.91. The minimum atomic E-state index is -2.91. The van der Waals surface area contributed by atoms with Crippen LogP contribution in [0, 0.1) is 5.82 Å². The van der Waals surface area contributed by atoms with E-state index in [2.05, 4.69) is 0 Å². The molecule has 1 rings (SSSR count). The summed E-state index contributed by atoms with van der Waals surface area (Å²) in [7, 11) is -2.91. The summed E-state index contributed by atoms with van der Waals surface area (Å²) in [6, 6.07) is 6.20. The lowest BCUT2D eigenvalue weighted by Gasteiger charge is -2.11. The Bertz CT molecular complexity index is 474. The van der Waals surface area contributed by atoms with Crippen molar-refractivity contribution in [2.24, 2.45) is 5.73 Å². The van der Waals surface area contributed by atoms with Crippen molar-refractivity contribution >= 4 is 9.84 Å². The summed E-state index contributed by atoms with van der Waals surface area (Å²) in [6.07, 6.45) is 1.77. The number of sulfone groups is 1. The van der Waals surface area contributed by atoms with Crippen LogP contribution in [-0.4, -0.2) is 26.0 Å². The average molecular weight is 273 g/mol. The van der Waals surface area contributed by atoms with E-state index in [0.717, 1.165) is 5.56 Å². The van der Waals surface area contributed by atoms with Crippen molar-refractivity contribution in [3.63, 3.8) is 0 Å². The quantitative estimate of drug-likeness (QED) is 0.825. The zero-order valence-corrected chi connectivity index (χ0v) is 11.4. The van der Waals surface area contributed by atoms with Crippen molar-refractivity contribution < 1.29 is 12.8 Å². The van der Waals surface area contributed by atoms with Crippen molar-refractivity contribution in [2.45, 2.75) is 32.2 Å². The number of hydrogen-bond donors (Lipinski definition) is 1. The topological polar surface area (TPSA) is 60.2 Å². The van der Waals surface area contributed by atoms with Gasteiger partial charge in [-0.2, -0.15) is 0 Å². The molecule has 102 valence electrons. The molecule has 1 unspecified atom stereocenters. The molecule has 0 aliphatic heterocycles. The van der Waals surface area contributed by atoms with Crippen molar-refractivity contribution in [2.75, 3.05) is 11.5 Å². The first-order valence-corrected chi connectivity index (χ1v) is 7.95. The zero-order valence-electron chi connectivity index (χ0n) is 10.6. The van der Waals surface area contributed by atoms with Crippen LogP contribution in [0.1, 0.15) is 25.3 Å². The van der Waals surface area contributed by atoms with Gasteiger partial charge in [-0.15, -0.1) is 0 Å². The highest BCUT2D eigenvalue weighted by atomic mass is 32.2. The Balaban J connectivity index is 2.36. The number of nitrogens with two attached hydrogens (primary N) is 1. The van der Waals surface area contributed by atoms with Gasteiger partial charge in [0.15, 0.2) is 0 Å². The molecule has 0 radical (unpaired) electrons. The van der Waals surface area contributed by atoms with Gasteiger partial charge in [0.1, 0.15) is 15.7 Å². The number of halogens is 1. The van der Waals surface area contributed by atoms with Gasteiger partial charge in [0.2, 0.25) is 0 Å². The summed E-state index contributed by atoms with van der Waals surface area (Å²) in [5.74, 6) is 0.0835. The Morgan fingerprint density at radius 1 is 1.39 bits per heavy atom. The van der Waals surface area contributed by atoms with E-state index in [0.29, 0.717) is 19.3 Å². The highest BCUT2D eigenvalue weighted by molar-refractivity contribution is 7.91. The summed E-state index contributed by atoms with van der Waals surface area (Å²) >= 11 is 0. The minimum absolute atomic E-state index is 0.126. The summed E-state index contributed by atoms with van der Waals surface area (Å²) in [5.41, 5.74) is 6.76. The van der Waals surface area contributed by atoms with Crippen LogP contribution in [0.2, 0.25) is 0 Å². The van der Waals surface area contributed by atoms with E-state index in [1.54, 1.807) is 13.0 Å². The fourth-order valence-corrected chi connectivity index (χ4v) is 2.67. The predicted molar refractivity (Wildman–Crippen MR) is 71.6 cm³/mol. The van der Waals surface area contributed by atoms with Gasteiger partial charge in [-0.1, -0.05) is 19.1 Å². The fraction of sp³-hybridized carbons (Fsp3) is 0.538. The van der Waals surface area contributed by atoms with Gasteiger partial charge in [0, 0.05) is 11.8 Å². The second-order valence-corrected chi connectivity index (χ2v) is 6.95. The summed E-state index contributed by atoms with van der Waals surface area (Å²) in [5, 5.41) is 0. The van der Waals surface area contributed by atoms with Crippen LogP contribution in [0.5, 0.6) is 0 Å². The smallest absolute Gasteiger partial charge is 0.150 e. The van der Waals surface area contributed by atoms with Gasteiger partial charge in [-0.05, 0) is 37.0 Å². The van der Waals surface area contributed by atoms with Crippen LogP contribution in [0.4, 0.5) is 4.39 Å². The summed E-state index contributed by atoms with van der Waals surface area (Å²) in [4.78, 5) is 0. The molecule has 0 aromatic heterocycles. The normalized spacial score (nSPS) is 13.5. The van der Waals surface area contributed by atoms with E-state index in [9.17, 15) is 12.8 Å². The molecule has 2 N–H and O–H groups in total. The summed E-state index contributed by atoms with van der Waals surface area (Å²) < 4.78 is 35.5. The van der Waals surface area contributed by atoms with Crippen LogP contribution in [-0.2, 0) is 16.3 Å². The fourth-order valence-electron chi connectivity index (χ4n) is 1.78. The Kier molecular flexibility index (Phi) is 5.75. The molecular weight excluding hydrogens is 253 g/mol. The van der Waals surface area contributed by atoms with E-state index >= 15 is 0 Å². The standard InChI is InChI=1S/C13H20FNO2S/c1-2-18(16,17)8-4-7-13(15)10-11-5-3-6-12(14)9-11/h3,5-6,9,13H,2,4,7-8,10,15H2,1H3. The number of hydrogen-bond acceptors (Lipinski definition) is 3. The molecule has 0 fully saturated rings. The van der Waals surface area contributed by atoms with E-state index in [-0.39, 0.29) is 23.4 Å². The third-order valence-corrected chi connectivity index (χ3v) is 4.65. The van der Waals surface area contributed by atoms with Crippen molar-refractivity contribution in [1.82, 2.24) is 0 Å². The molecule has 0 heterocycles. The van der Waals surface area contributed by atoms with Crippen molar-refractivity contribution in [1.29, 1.82) is 0 Å². The van der Waals surface area contributed by atoms with E-state index < -0.39 is 9.84 Å². The van der Waals surface area contributed by atoms with E-state index in [1.807, 2.05) is 6.07 Å². The second-order valence-electron chi connectivity index (χ2n) is 4.47. The maximum atomic E-state index is 13.0. The van der Waals surface area contributed by atoms with Gasteiger partial charge in [0.25, 0.3) is 0 Å². The molecule has 1 aromatic rings. The van der Waals surface area contributed by atoms with Gasteiger partial charge < -0.3 is 5.73 Å². The third kappa shape index (κ3) is 5.60. The third-order valence-electron chi connectivity index (χ3n) is 2.86. The lowest BCUT2D eigenvalue weighted by atomic mass is 10.0. The molecule has 0 saturated carbocycles. The first kappa shape index (κ1) is 15.1. The molecule has 0 bridgehead atoms. The maximum Gasteiger partial charge on any atom is 0.150 e. The van der Waals surface area contributed by atoms with Crippen LogP contribution in [0.15, 0.2) is 24.3 Å². The Morgan fingerprint density at radius 2 is 2.11 bits per heavy atom. The maximum absolute atomic E-state index is 13.0. The molecule has 1 atom stereocenters. The SMILES string of the molecule is CCS(=O)(=O)CCCC(N)Cc1cccc(F)c1. The molecule has 0 aliphatic rings. The first-order chi connectivity index (χ1) is 8.43. The van der Waals surface area contributed by atoms with Gasteiger partial charge in [-0.25, -0.2) is 12.8 Å². The molecule has 18 heavy (non-hydrogen) atoms. The molecule has 3 nitrogen and oxygen atoms in total. The van der Waals surface area contributed by atoms with Crippen LogP contribution in [0.3, 0.4) is 0 Å². The Labute approximate surface area is 108 Å². The number of rotatable bonds is 7. The van der Waals surface area contributed by atoms with Gasteiger partial charge in [-0.3, -0.25) is 0 Å². The molecule has 0 aliphatic carbocycles. The zero-order chi connectivity index (χ0) is 13.6. The monoisotopic (exact) mass is 273 g/mol. The molecule has 0 saturated heterocycles. The van der Waals surface area contributed by atoms with Crippen molar-refractivity contribution in [3.8, 4) is 0 Å². The Morgan fingerprint density at radius 3 is 2.72 bits per heavy atom. The summed E-state index contributed by atoms with van der Waals surface area (Å²) in [6.45, 7) is 1.64. The molecule has 1 aromatic carbocycles. The average Bonchev–Trinajstić information content (AvgIpc) is 2.28. The molecule has 5 heteroatoms. The van der Waals surface area contributed by atoms with Crippen LogP contribution in [0.25, 0.3) is 0 Å². The largest absolute Gasteiger partial charge is 0.327 e. The van der Waals surface area contributed by atoms with Crippen LogP contribution >= 0.6 is 0 Å². The lowest BCUT2D eigenvalue weighted by Crippen LogP contribution is -2.24. The first-order valence-electron chi connectivity index (χ1n) is 6.13. The van der Waals surface area contributed by atoms with Crippen molar-refractivity contribution in [3.05, 3.63) is 35.6 Å². The highest BCUT2D eigenvalue weighted by Gasteiger charge is 2.10. The number of benzene rings is 1. The highest BCUT2D eigenvalue weighted by Crippen LogP contribution is 2.09. The van der Waals surface area contributed by atoms with Crippen LogP contribution < -0.4 is 5.73 Å². The molecular formula is C13H20FNO2S. The Hall–Kier alpha value is -0.940. The second kappa shape index (κ2) is 6.85. The molecule has 0 amide bonds. The van der Waals surface area contributed by atoms with Gasteiger partial charge >= 0.3 is 0 Å².